The number of nitrogens with zero attached hydrogens (tertiary/aromatic N) is 8. The second kappa shape index (κ2) is 8.25. The Morgan fingerprint density at radius 2 is 1.93 bits per heavy atom. The second-order valence-corrected chi connectivity index (χ2v) is 5.89. The first-order valence-electron chi connectivity index (χ1n) is 8.87. The summed E-state index contributed by atoms with van der Waals surface area (Å²) in [5, 5.41) is 26.3. The van der Waals surface area contributed by atoms with Crippen LogP contribution < -0.4 is 10.1 Å². The molecule has 4 rings (SSSR count). The molecule has 1 amide bonds. The number of hydrogen-bond donors (Lipinski definition) is 1. The molecule has 1 N–H and O–H groups in total. The van der Waals surface area contributed by atoms with Gasteiger partial charge in [-0.1, -0.05) is 24.3 Å². The number of para-hydroxylation sites is 3. The maximum Gasteiger partial charge on any atom is 0.248 e. The van der Waals surface area contributed by atoms with Crippen LogP contribution in [0.4, 0.5) is 5.69 Å². The van der Waals surface area contributed by atoms with Crippen molar-refractivity contribution in [3.8, 4) is 22.8 Å². The van der Waals surface area contributed by atoms with Crippen LogP contribution in [-0.4, -0.2) is 52.9 Å². The average Bonchev–Trinajstić information content (AvgIpc) is 3.42. The molecule has 0 bridgehead atoms. The van der Waals surface area contributed by atoms with Crippen molar-refractivity contribution in [3.05, 3.63) is 54.9 Å². The lowest BCUT2D eigenvalue weighted by molar-refractivity contribution is -0.117. The van der Waals surface area contributed by atoms with Crippen LogP contribution in [-0.2, 0) is 11.3 Å². The molecular formula is C18H17N9O2. The summed E-state index contributed by atoms with van der Waals surface area (Å²) in [5.74, 6) is 0.666. The summed E-state index contributed by atoms with van der Waals surface area (Å²) in [6, 6.07) is 14.6. The van der Waals surface area contributed by atoms with E-state index in [9.17, 15) is 4.79 Å². The van der Waals surface area contributed by atoms with Crippen LogP contribution in [0.2, 0.25) is 0 Å². The Morgan fingerprint density at radius 3 is 2.76 bits per heavy atom. The van der Waals surface area contributed by atoms with Crippen LogP contribution in [0.3, 0.4) is 0 Å². The Labute approximate surface area is 165 Å². The highest BCUT2D eigenvalue weighted by molar-refractivity contribution is 5.92. The topological polar surface area (TPSA) is 126 Å². The van der Waals surface area contributed by atoms with Crippen molar-refractivity contribution in [2.75, 3.05) is 11.9 Å². The summed E-state index contributed by atoms with van der Waals surface area (Å²) in [6.07, 6.45) is 1.48. The number of rotatable bonds is 7. The molecule has 0 aliphatic heterocycles. The number of nitrogens with one attached hydrogen (secondary N) is 1. The van der Waals surface area contributed by atoms with Crippen LogP contribution in [0, 0.1) is 0 Å². The lowest BCUT2D eigenvalue weighted by Gasteiger charge is -2.10. The van der Waals surface area contributed by atoms with Gasteiger partial charge in [-0.05, 0) is 46.8 Å². The number of ether oxygens (including phenoxy) is 1. The second-order valence-electron chi connectivity index (χ2n) is 5.89. The van der Waals surface area contributed by atoms with Crippen molar-refractivity contribution in [2.24, 2.45) is 0 Å². The minimum absolute atomic E-state index is 0.0967. The van der Waals surface area contributed by atoms with Gasteiger partial charge in [-0.25, -0.2) is 0 Å². The quantitative estimate of drug-likeness (QED) is 0.500. The van der Waals surface area contributed by atoms with E-state index < -0.39 is 0 Å². The van der Waals surface area contributed by atoms with Crippen LogP contribution >= 0.6 is 0 Å². The molecule has 11 nitrogen and oxygen atoms in total. The Kier molecular flexibility index (Phi) is 5.18. The number of carbonyl (C=O) groups is 1. The summed E-state index contributed by atoms with van der Waals surface area (Å²) < 4.78 is 7.02. The van der Waals surface area contributed by atoms with E-state index in [1.165, 1.54) is 15.8 Å². The molecule has 0 spiro atoms. The Bertz CT molecular complexity index is 1110. The molecule has 0 radical (unpaired) electrons. The zero-order chi connectivity index (χ0) is 20.1. The van der Waals surface area contributed by atoms with Crippen LogP contribution in [0.5, 0.6) is 5.75 Å². The summed E-state index contributed by atoms with van der Waals surface area (Å²) >= 11 is 0. The fourth-order valence-electron chi connectivity index (χ4n) is 2.72. The minimum Gasteiger partial charge on any atom is -0.492 e. The van der Waals surface area contributed by atoms with E-state index in [0.717, 1.165) is 0 Å². The highest BCUT2D eigenvalue weighted by atomic mass is 16.5. The number of aromatic nitrogens is 8. The molecule has 0 atom stereocenters. The van der Waals surface area contributed by atoms with E-state index in [1.807, 2.05) is 43.3 Å². The number of tetrazole rings is 2. The number of hydrogen-bond acceptors (Lipinski definition) is 8. The van der Waals surface area contributed by atoms with E-state index in [-0.39, 0.29) is 12.5 Å². The van der Waals surface area contributed by atoms with E-state index in [0.29, 0.717) is 35.1 Å². The molecule has 4 aromatic rings. The standard InChI is InChI=1S/C18H17N9O2/c1-2-29-16-10-6-4-8-14(16)20-17(28)11-27-22-18(21-24-27)13-7-3-5-9-15(13)26-12-19-23-25-26/h3-10,12H,2,11H2,1H3,(H,20,28). The monoisotopic (exact) mass is 391 g/mol. The molecule has 0 saturated heterocycles. The minimum atomic E-state index is -0.296. The molecule has 146 valence electrons. The van der Waals surface area contributed by atoms with Crippen molar-refractivity contribution < 1.29 is 9.53 Å². The molecular weight excluding hydrogens is 374 g/mol. The van der Waals surface area contributed by atoms with Gasteiger partial charge < -0.3 is 10.1 Å². The normalized spacial score (nSPS) is 10.7. The van der Waals surface area contributed by atoms with Gasteiger partial charge in [0.2, 0.25) is 11.7 Å². The number of amides is 1. The fraction of sp³-hybridized carbons (Fsp3) is 0.167. The number of benzene rings is 2. The molecule has 0 unspecified atom stereocenters. The SMILES string of the molecule is CCOc1ccccc1NC(=O)Cn1nnc(-c2ccccc2-n2cnnn2)n1. The third-order valence-corrected chi connectivity index (χ3v) is 3.94. The first-order valence-corrected chi connectivity index (χ1v) is 8.87. The third kappa shape index (κ3) is 4.08. The zero-order valence-electron chi connectivity index (χ0n) is 15.5. The first-order chi connectivity index (χ1) is 14.2. The van der Waals surface area contributed by atoms with Crippen LogP contribution in [0.25, 0.3) is 17.1 Å². The lowest BCUT2D eigenvalue weighted by Crippen LogP contribution is -2.21. The van der Waals surface area contributed by atoms with Gasteiger partial charge in [-0.3, -0.25) is 4.79 Å². The smallest absolute Gasteiger partial charge is 0.248 e. The van der Waals surface area contributed by atoms with E-state index in [1.54, 1.807) is 12.1 Å². The summed E-state index contributed by atoms with van der Waals surface area (Å²) in [7, 11) is 0. The van der Waals surface area contributed by atoms with E-state index in [4.69, 9.17) is 4.74 Å². The van der Waals surface area contributed by atoms with Crippen LogP contribution in [0.15, 0.2) is 54.9 Å². The third-order valence-electron chi connectivity index (χ3n) is 3.94. The van der Waals surface area contributed by atoms with E-state index >= 15 is 0 Å². The molecule has 2 aromatic carbocycles. The average molecular weight is 391 g/mol. The fourth-order valence-corrected chi connectivity index (χ4v) is 2.72. The van der Waals surface area contributed by atoms with Crippen LogP contribution in [0.1, 0.15) is 6.92 Å². The Balaban J connectivity index is 1.50. The number of carbonyl (C=O) groups excluding carboxylic acids is 1. The molecule has 2 heterocycles. The molecule has 0 aliphatic rings. The van der Waals surface area contributed by atoms with Crippen molar-refractivity contribution in [1.82, 2.24) is 40.4 Å². The molecule has 2 aromatic heterocycles. The largest absolute Gasteiger partial charge is 0.492 e. The van der Waals surface area contributed by atoms with Gasteiger partial charge in [0, 0.05) is 5.56 Å². The molecule has 29 heavy (non-hydrogen) atoms. The predicted octanol–water partition coefficient (Wildman–Crippen LogP) is 1.35. The summed E-state index contributed by atoms with van der Waals surface area (Å²) in [4.78, 5) is 13.6. The summed E-state index contributed by atoms with van der Waals surface area (Å²) in [5.41, 5.74) is 1.98. The molecule has 0 fully saturated rings. The maximum atomic E-state index is 12.4. The summed E-state index contributed by atoms with van der Waals surface area (Å²) in [6.45, 7) is 2.29. The van der Waals surface area contributed by atoms with Gasteiger partial charge in [0.25, 0.3) is 0 Å². The molecule has 0 saturated carbocycles. The van der Waals surface area contributed by atoms with Crippen molar-refractivity contribution >= 4 is 11.6 Å². The van der Waals surface area contributed by atoms with Crippen molar-refractivity contribution in [1.29, 1.82) is 0 Å². The predicted molar refractivity (Wildman–Crippen MR) is 102 cm³/mol. The molecule has 0 aliphatic carbocycles. The maximum absolute atomic E-state index is 12.4. The van der Waals surface area contributed by atoms with Crippen molar-refractivity contribution in [2.45, 2.75) is 13.5 Å². The van der Waals surface area contributed by atoms with Gasteiger partial charge in [0.05, 0.1) is 18.0 Å². The zero-order valence-corrected chi connectivity index (χ0v) is 15.5. The first kappa shape index (κ1) is 18.2. The van der Waals surface area contributed by atoms with Gasteiger partial charge in [0.15, 0.2) is 0 Å². The number of anilines is 1. The highest BCUT2D eigenvalue weighted by Crippen LogP contribution is 2.24. The molecule has 11 heteroatoms. The van der Waals surface area contributed by atoms with Gasteiger partial charge >= 0.3 is 0 Å². The Morgan fingerprint density at radius 1 is 1.10 bits per heavy atom. The van der Waals surface area contributed by atoms with Gasteiger partial charge in [0.1, 0.15) is 18.6 Å². The van der Waals surface area contributed by atoms with Gasteiger partial charge in [-0.15, -0.1) is 15.3 Å². The van der Waals surface area contributed by atoms with Crippen molar-refractivity contribution in [3.63, 3.8) is 0 Å². The Hall–Kier alpha value is -4.15. The lowest BCUT2D eigenvalue weighted by atomic mass is 10.1. The van der Waals surface area contributed by atoms with E-state index in [2.05, 4.69) is 36.3 Å². The van der Waals surface area contributed by atoms with Gasteiger partial charge in [-0.2, -0.15) is 9.48 Å². The highest BCUT2D eigenvalue weighted by Gasteiger charge is 2.15.